The fourth-order valence-electron chi connectivity index (χ4n) is 2.15. The lowest BCUT2D eigenvalue weighted by Gasteiger charge is -2.06. The minimum atomic E-state index is -0.503. The van der Waals surface area contributed by atoms with Crippen LogP contribution in [0.25, 0.3) is 10.9 Å². The molecule has 2 rings (SSSR count). The van der Waals surface area contributed by atoms with Crippen LogP contribution in [0.2, 0.25) is 0 Å². The first kappa shape index (κ1) is 17.7. The van der Waals surface area contributed by atoms with E-state index in [1.807, 2.05) is 6.92 Å². The summed E-state index contributed by atoms with van der Waals surface area (Å²) in [6, 6.07) is 7.00. The van der Waals surface area contributed by atoms with Gasteiger partial charge in [0, 0.05) is 13.0 Å². The van der Waals surface area contributed by atoms with E-state index in [9.17, 15) is 14.4 Å². The molecule has 0 unspecified atom stereocenters. The van der Waals surface area contributed by atoms with E-state index in [0.29, 0.717) is 23.3 Å². The fourth-order valence-corrected chi connectivity index (χ4v) is 2.15. The van der Waals surface area contributed by atoms with Crippen molar-refractivity contribution in [2.24, 2.45) is 0 Å². The van der Waals surface area contributed by atoms with Crippen molar-refractivity contribution in [3.05, 3.63) is 40.4 Å². The van der Waals surface area contributed by atoms with Crippen molar-refractivity contribution in [3.8, 4) is 0 Å². The third kappa shape index (κ3) is 5.19. The highest BCUT2D eigenvalue weighted by atomic mass is 16.5. The maximum atomic E-state index is 11.9. The van der Waals surface area contributed by atoms with Crippen molar-refractivity contribution in [2.45, 2.75) is 32.6 Å². The van der Waals surface area contributed by atoms with Gasteiger partial charge in [0.2, 0.25) is 0 Å². The number of nitrogens with zero attached hydrogens (tertiary/aromatic N) is 1. The maximum Gasteiger partial charge on any atom is 0.306 e. The first-order valence-electron chi connectivity index (χ1n) is 8.00. The van der Waals surface area contributed by atoms with Gasteiger partial charge in [0.05, 0.1) is 17.3 Å². The lowest BCUT2D eigenvalue weighted by molar-refractivity contribution is -0.148. The molecule has 2 N–H and O–H groups in total. The lowest BCUT2D eigenvalue weighted by atomic mass is 10.2. The number of ether oxygens (including phenoxy) is 1. The summed E-state index contributed by atoms with van der Waals surface area (Å²) in [5.41, 5.74) is 0.346. The van der Waals surface area contributed by atoms with Crippen LogP contribution in [-0.4, -0.2) is 35.0 Å². The number of unbranched alkanes of at least 4 members (excludes halogenated alkanes) is 1. The number of rotatable bonds is 8. The smallest absolute Gasteiger partial charge is 0.306 e. The van der Waals surface area contributed by atoms with Crippen LogP contribution in [0.4, 0.5) is 0 Å². The Kier molecular flexibility index (Phi) is 6.48. The van der Waals surface area contributed by atoms with Gasteiger partial charge in [-0.2, -0.15) is 0 Å². The first-order valence-corrected chi connectivity index (χ1v) is 8.00. The monoisotopic (exact) mass is 331 g/mol. The van der Waals surface area contributed by atoms with Crippen LogP contribution in [-0.2, 0) is 20.7 Å². The van der Waals surface area contributed by atoms with Crippen LogP contribution in [0, 0.1) is 0 Å². The molecule has 128 valence electrons. The van der Waals surface area contributed by atoms with Gasteiger partial charge in [-0.15, -0.1) is 0 Å². The molecule has 7 nitrogen and oxygen atoms in total. The van der Waals surface area contributed by atoms with Crippen LogP contribution in [0.1, 0.15) is 32.0 Å². The van der Waals surface area contributed by atoms with Gasteiger partial charge in [-0.25, -0.2) is 4.98 Å². The second-order valence-corrected chi connectivity index (χ2v) is 5.39. The van der Waals surface area contributed by atoms with Crippen LogP contribution in [0.3, 0.4) is 0 Å². The Labute approximate surface area is 139 Å². The molecule has 2 aromatic rings. The van der Waals surface area contributed by atoms with Gasteiger partial charge in [-0.1, -0.05) is 25.5 Å². The Balaban J connectivity index is 1.82. The van der Waals surface area contributed by atoms with E-state index in [-0.39, 0.29) is 30.9 Å². The molecule has 0 fully saturated rings. The van der Waals surface area contributed by atoms with Crippen molar-refractivity contribution >= 4 is 22.8 Å². The van der Waals surface area contributed by atoms with E-state index < -0.39 is 5.97 Å². The number of aryl methyl sites for hydroxylation is 1. The lowest BCUT2D eigenvalue weighted by Crippen LogP contribution is -2.29. The van der Waals surface area contributed by atoms with Crippen molar-refractivity contribution < 1.29 is 14.3 Å². The zero-order valence-electron chi connectivity index (χ0n) is 13.6. The van der Waals surface area contributed by atoms with Crippen LogP contribution < -0.4 is 10.9 Å². The number of para-hydroxylation sites is 1. The number of hydrogen-bond donors (Lipinski definition) is 2. The van der Waals surface area contributed by atoms with Gasteiger partial charge in [-0.3, -0.25) is 14.4 Å². The molecule has 24 heavy (non-hydrogen) atoms. The van der Waals surface area contributed by atoms with Crippen molar-refractivity contribution in [3.63, 3.8) is 0 Å². The number of carbonyl (C=O) groups excluding carboxylic acids is 2. The molecule has 0 saturated heterocycles. The molecule has 1 amide bonds. The van der Waals surface area contributed by atoms with Gasteiger partial charge in [0.1, 0.15) is 5.82 Å². The number of hydrogen-bond acceptors (Lipinski definition) is 5. The summed E-state index contributed by atoms with van der Waals surface area (Å²) in [4.78, 5) is 42.0. The summed E-state index contributed by atoms with van der Waals surface area (Å²) < 4.78 is 4.90. The number of aromatic nitrogens is 2. The minimum Gasteiger partial charge on any atom is -0.456 e. The average molecular weight is 331 g/mol. The molecule has 0 aliphatic heterocycles. The van der Waals surface area contributed by atoms with Crippen LogP contribution >= 0.6 is 0 Å². The highest BCUT2D eigenvalue weighted by molar-refractivity contribution is 5.80. The van der Waals surface area contributed by atoms with E-state index in [1.54, 1.807) is 24.3 Å². The molecule has 0 spiro atoms. The molecule has 1 heterocycles. The minimum absolute atomic E-state index is 0.0452. The Morgan fingerprint density at radius 1 is 1.29 bits per heavy atom. The normalized spacial score (nSPS) is 10.5. The second kappa shape index (κ2) is 8.81. The SMILES string of the molecule is CCCCNC(=O)COC(=O)CCc1nc2ccccc2c(=O)[nH]1. The van der Waals surface area contributed by atoms with E-state index in [4.69, 9.17) is 4.74 Å². The summed E-state index contributed by atoms with van der Waals surface area (Å²) in [6.07, 6.45) is 2.16. The number of benzene rings is 1. The number of carbonyl (C=O) groups is 2. The molecule has 0 bridgehead atoms. The molecule has 0 saturated carbocycles. The quantitative estimate of drug-likeness (QED) is 0.561. The van der Waals surface area contributed by atoms with Crippen LogP contribution in [0.5, 0.6) is 0 Å². The van der Waals surface area contributed by atoms with Crippen molar-refractivity contribution in [2.75, 3.05) is 13.2 Å². The number of amides is 1. The molecule has 0 aliphatic carbocycles. The largest absolute Gasteiger partial charge is 0.456 e. The highest BCUT2D eigenvalue weighted by Gasteiger charge is 2.09. The number of esters is 1. The molecule has 0 atom stereocenters. The third-order valence-corrected chi connectivity index (χ3v) is 3.44. The molecule has 1 aromatic carbocycles. The van der Waals surface area contributed by atoms with Crippen molar-refractivity contribution in [1.29, 1.82) is 0 Å². The third-order valence-electron chi connectivity index (χ3n) is 3.44. The van der Waals surface area contributed by atoms with E-state index in [2.05, 4.69) is 15.3 Å². The topological polar surface area (TPSA) is 101 Å². The van der Waals surface area contributed by atoms with Gasteiger partial charge in [-0.05, 0) is 18.6 Å². The predicted octanol–water partition coefficient (Wildman–Crippen LogP) is 1.32. The zero-order valence-corrected chi connectivity index (χ0v) is 13.6. The van der Waals surface area contributed by atoms with E-state index >= 15 is 0 Å². The number of fused-ring (bicyclic) bond motifs is 1. The molecular formula is C17H21N3O4. The number of nitrogens with one attached hydrogen (secondary N) is 2. The van der Waals surface area contributed by atoms with Crippen LogP contribution in [0.15, 0.2) is 29.1 Å². The van der Waals surface area contributed by atoms with Gasteiger partial charge >= 0.3 is 5.97 Å². The van der Waals surface area contributed by atoms with Gasteiger partial charge < -0.3 is 15.0 Å². The first-order chi connectivity index (χ1) is 11.6. The average Bonchev–Trinajstić information content (AvgIpc) is 2.58. The summed E-state index contributed by atoms with van der Waals surface area (Å²) >= 11 is 0. The van der Waals surface area contributed by atoms with Gasteiger partial charge in [0.15, 0.2) is 6.61 Å². The maximum absolute atomic E-state index is 11.9. The zero-order chi connectivity index (χ0) is 17.4. The second-order valence-electron chi connectivity index (χ2n) is 5.39. The molecule has 1 aromatic heterocycles. The number of H-pyrrole nitrogens is 1. The summed E-state index contributed by atoms with van der Waals surface area (Å²) in [7, 11) is 0. The molecule has 0 aliphatic rings. The Morgan fingerprint density at radius 3 is 2.88 bits per heavy atom. The highest BCUT2D eigenvalue weighted by Crippen LogP contribution is 2.06. The molecular weight excluding hydrogens is 310 g/mol. The predicted molar refractivity (Wildman–Crippen MR) is 89.6 cm³/mol. The summed E-state index contributed by atoms with van der Waals surface area (Å²) in [5, 5.41) is 3.17. The molecule has 0 radical (unpaired) electrons. The Bertz CT molecular complexity index is 770. The summed E-state index contributed by atoms with van der Waals surface area (Å²) in [5.74, 6) is -0.395. The Morgan fingerprint density at radius 2 is 2.08 bits per heavy atom. The standard InChI is InChI=1S/C17H21N3O4/c1-2-3-10-18-15(21)11-24-16(22)9-8-14-19-13-7-5-4-6-12(13)17(23)20-14/h4-7H,2-3,8-11H2,1H3,(H,18,21)(H,19,20,23). The number of aromatic amines is 1. The Hall–Kier alpha value is -2.70. The van der Waals surface area contributed by atoms with Crippen molar-refractivity contribution in [1.82, 2.24) is 15.3 Å². The molecule has 7 heteroatoms. The fraction of sp³-hybridized carbons (Fsp3) is 0.412. The van der Waals surface area contributed by atoms with E-state index in [1.165, 1.54) is 0 Å². The van der Waals surface area contributed by atoms with E-state index in [0.717, 1.165) is 12.8 Å². The summed E-state index contributed by atoms with van der Waals surface area (Å²) in [6.45, 7) is 2.32. The van der Waals surface area contributed by atoms with Gasteiger partial charge in [0.25, 0.3) is 11.5 Å².